The third kappa shape index (κ3) is 2.41. The SMILES string of the molecule is Nc1cnn(CCNC(=O)c2ccco2)c1. The standard InChI is InChI=1S/C10H12N4O2/c11-8-6-13-14(7-8)4-3-12-10(15)9-2-1-5-16-9/h1-2,5-7H,3-4,11H2,(H,12,15). The van der Waals surface area contributed by atoms with Crippen LogP contribution in [0.25, 0.3) is 0 Å². The first kappa shape index (κ1) is 10.3. The van der Waals surface area contributed by atoms with Crippen LogP contribution in [-0.2, 0) is 6.54 Å². The molecule has 0 atom stereocenters. The number of anilines is 1. The Balaban J connectivity index is 1.78. The van der Waals surface area contributed by atoms with Crippen molar-refractivity contribution >= 4 is 11.6 Å². The van der Waals surface area contributed by atoms with Gasteiger partial charge in [0.25, 0.3) is 5.91 Å². The van der Waals surface area contributed by atoms with E-state index < -0.39 is 0 Å². The van der Waals surface area contributed by atoms with E-state index in [1.54, 1.807) is 29.2 Å². The van der Waals surface area contributed by atoms with Gasteiger partial charge in [0.05, 0.1) is 24.7 Å². The lowest BCUT2D eigenvalue weighted by Gasteiger charge is -2.02. The molecule has 0 aliphatic rings. The first-order chi connectivity index (χ1) is 7.75. The van der Waals surface area contributed by atoms with E-state index in [9.17, 15) is 4.79 Å². The third-order valence-electron chi connectivity index (χ3n) is 2.02. The third-order valence-corrected chi connectivity index (χ3v) is 2.02. The van der Waals surface area contributed by atoms with Gasteiger partial charge in [0.1, 0.15) is 0 Å². The lowest BCUT2D eigenvalue weighted by molar-refractivity contribution is 0.0924. The second kappa shape index (κ2) is 4.52. The van der Waals surface area contributed by atoms with E-state index in [0.717, 1.165) is 0 Å². The zero-order chi connectivity index (χ0) is 11.4. The topological polar surface area (TPSA) is 86.1 Å². The van der Waals surface area contributed by atoms with Crippen molar-refractivity contribution in [3.05, 3.63) is 36.5 Å². The molecule has 2 rings (SSSR count). The highest BCUT2D eigenvalue weighted by atomic mass is 16.3. The molecule has 2 aromatic rings. The average Bonchev–Trinajstić information content (AvgIpc) is 2.89. The van der Waals surface area contributed by atoms with Gasteiger partial charge in [0.15, 0.2) is 5.76 Å². The van der Waals surface area contributed by atoms with E-state index >= 15 is 0 Å². The van der Waals surface area contributed by atoms with Crippen LogP contribution >= 0.6 is 0 Å². The van der Waals surface area contributed by atoms with Gasteiger partial charge in [-0.15, -0.1) is 0 Å². The summed E-state index contributed by atoms with van der Waals surface area (Å²) < 4.78 is 6.61. The van der Waals surface area contributed by atoms with Crippen LogP contribution in [-0.4, -0.2) is 22.2 Å². The molecule has 0 bridgehead atoms. The Morgan fingerprint density at radius 2 is 2.50 bits per heavy atom. The van der Waals surface area contributed by atoms with Gasteiger partial charge in [-0.05, 0) is 12.1 Å². The van der Waals surface area contributed by atoms with Crippen LogP contribution < -0.4 is 11.1 Å². The molecular formula is C10H12N4O2. The minimum absolute atomic E-state index is 0.231. The van der Waals surface area contributed by atoms with Crippen molar-refractivity contribution in [2.24, 2.45) is 0 Å². The van der Waals surface area contributed by atoms with Gasteiger partial charge in [0.2, 0.25) is 0 Å². The Bertz CT molecular complexity index is 461. The minimum atomic E-state index is -0.231. The molecule has 0 fully saturated rings. The molecule has 0 saturated carbocycles. The molecule has 0 radical (unpaired) electrons. The molecule has 2 aromatic heterocycles. The second-order valence-corrected chi connectivity index (χ2v) is 3.27. The molecule has 0 aliphatic carbocycles. The highest BCUT2D eigenvalue weighted by Crippen LogP contribution is 1.99. The molecule has 2 heterocycles. The monoisotopic (exact) mass is 220 g/mol. The quantitative estimate of drug-likeness (QED) is 0.785. The zero-order valence-corrected chi connectivity index (χ0v) is 8.59. The Hall–Kier alpha value is -2.24. The Labute approximate surface area is 92.0 Å². The Kier molecular flexibility index (Phi) is 2.90. The van der Waals surface area contributed by atoms with Crippen molar-refractivity contribution < 1.29 is 9.21 Å². The van der Waals surface area contributed by atoms with Crippen LogP contribution in [0.15, 0.2) is 35.2 Å². The highest BCUT2D eigenvalue weighted by Gasteiger charge is 2.06. The first-order valence-electron chi connectivity index (χ1n) is 4.85. The number of hydrogen-bond acceptors (Lipinski definition) is 4. The van der Waals surface area contributed by atoms with Crippen LogP contribution in [0.3, 0.4) is 0 Å². The molecule has 3 N–H and O–H groups in total. The summed E-state index contributed by atoms with van der Waals surface area (Å²) in [4.78, 5) is 11.4. The summed E-state index contributed by atoms with van der Waals surface area (Å²) in [5.74, 6) is 0.0742. The summed E-state index contributed by atoms with van der Waals surface area (Å²) >= 11 is 0. The number of nitrogen functional groups attached to an aromatic ring is 1. The molecule has 0 aliphatic heterocycles. The largest absolute Gasteiger partial charge is 0.459 e. The predicted molar refractivity (Wildman–Crippen MR) is 57.7 cm³/mol. The van der Waals surface area contributed by atoms with Crippen molar-refractivity contribution in [1.29, 1.82) is 0 Å². The molecular weight excluding hydrogens is 208 g/mol. The fraction of sp³-hybridized carbons (Fsp3) is 0.200. The van der Waals surface area contributed by atoms with E-state index in [-0.39, 0.29) is 5.91 Å². The summed E-state index contributed by atoms with van der Waals surface area (Å²) in [6.07, 6.45) is 4.73. The van der Waals surface area contributed by atoms with Gasteiger partial charge >= 0.3 is 0 Å². The molecule has 0 unspecified atom stereocenters. The number of nitrogens with zero attached hydrogens (tertiary/aromatic N) is 2. The van der Waals surface area contributed by atoms with Crippen LogP contribution in [0, 0.1) is 0 Å². The number of rotatable bonds is 4. The number of carbonyl (C=O) groups is 1. The predicted octanol–water partition coefficient (Wildman–Crippen LogP) is 0.488. The van der Waals surface area contributed by atoms with Crippen LogP contribution in [0.1, 0.15) is 10.6 Å². The van der Waals surface area contributed by atoms with Crippen molar-refractivity contribution in [3.8, 4) is 0 Å². The maximum atomic E-state index is 11.4. The molecule has 0 saturated heterocycles. The second-order valence-electron chi connectivity index (χ2n) is 3.27. The lowest BCUT2D eigenvalue weighted by Crippen LogP contribution is -2.26. The van der Waals surface area contributed by atoms with Gasteiger partial charge in [-0.2, -0.15) is 5.10 Å². The normalized spacial score (nSPS) is 10.2. The number of aromatic nitrogens is 2. The molecule has 84 valence electrons. The van der Waals surface area contributed by atoms with E-state index in [1.807, 2.05) is 0 Å². The first-order valence-corrected chi connectivity index (χ1v) is 4.85. The van der Waals surface area contributed by atoms with Crippen molar-refractivity contribution in [2.45, 2.75) is 6.54 Å². The van der Waals surface area contributed by atoms with Gasteiger partial charge < -0.3 is 15.5 Å². The maximum absolute atomic E-state index is 11.4. The Morgan fingerprint density at radius 1 is 1.62 bits per heavy atom. The zero-order valence-electron chi connectivity index (χ0n) is 8.59. The summed E-state index contributed by atoms with van der Waals surface area (Å²) in [5.41, 5.74) is 6.11. The summed E-state index contributed by atoms with van der Waals surface area (Å²) in [6, 6.07) is 3.28. The highest BCUT2D eigenvalue weighted by molar-refractivity contribution is 5.91. The molecule has 6 heteroatoms. The smallest absolute Gasteiger partial charge is 0.287 e. The molecule has 16 heavy (non-hydrogen) atoms. The molecule has 6 nitrogen and oxygen atoms in total. The van der Waals surface area contributed by atoms with Crippen molar-refractivity contribution in [2.75, 3.05) is 12.3 Å². The van der Waals surface area contributed by atoms with Crippen LogP contribution in [0.5, 0.6) is 0 Å². The average molecular weight is 220 g/mol. The van der Waals surface area contributed by atoms with Crippen molar-refractivity contribution in [3.63, 3.8) is 0 Å². The number of hydrogen-bond donors (Lipinski definition) is 2. The summed E-state index contributed by atoms with van der Waals surface area (Å²) in [6.45, 7) is 1.05. The molecule has 0 spiro atoms. The minimum Gasteiger partial charge on any atom is -0.459 e. The number of amides is 1. The summed E-state index contributed by atoms with van der Waals surface area (Å²) in [7, 11) is 0. The Morgan fingerprint density at radius 3 is 3.12 bits per heavy atom. The number of nitrogens with two attached hydrogens (primary N) is 1. The van der Waals surface area contributed by atoms with Gasteiger partial charge in [0, 0.05) is 12.7 Å². The van der Waals surface area contributed by atoms with Crippen LogP contribution in [0.2, 0.25) is 0 Å². The van der Waals surface area contributed by atoms with E-state index in [1.165, 1.54) is 6.26 Å². The fourth-order valence-corrected chi connectivity index (χ4v) is 1.28. The van der Waals surface area contributed by atoms with Gasteiger partial charge in [-0.1, -0.05) is 0 Å². The van der Waals surface area contributed by atoms with E-state index in [4.69, 9.17) is 10.2 Å². The fourth-order valence-electron chi connectivity index (χ4n) is 1.28. The maximum Gasteiger partial charge on any atom is 0.287 e. The summed E-state index contributed by atoms with van der Waals surface area (Å²) in [5, 5.41) is 6.70. The van der Waals surface area contributed by atoms with Crippen LogP contribution in [0.4, 0.5) is 5.69 Å². The van der Waals surface area contributed by atoms with Gasteiger partial charge in [-0.25, -0.2) is 0 Å². The van der Waals surface area contributed by atoms with E-state index in [2.05, 4.69) is 10.4 Å². The van der Waals surface area contributed by atoms with Gasteiger partial charge in [-0.3, -0.25) is 9.48 Å². The molecule has 0 aromatic carbocycles. The number of carbonyl (C=O) groups excluding carboxylic acids is 1. The molecule has 1 amide bonds. The lowest BCUT2D eigenvalue weighted by atomic mass is 10.4. The van der Waals surface area contributed by atoms with E-state index in [0.29, 0.717) is 24.5 Å². The number of furan rings is 1. The van der Waals surface area contributed by atoms with Crippen molar-refractivity contribution in [1.82, 2.24) is 15.1 Å². The number of nitrogens with one attached hydrogen (secondary N) is 1.